The van der Waals surface area contributed by atoms with E-state index in [1.165, 1.54) is 11.1 Å². The highest BCUT2D eigenvalue weighted by Gasteiger charge is 2.20. The molecule has 0 aromatic heterocycles. The molecule has 0 radical (unpaired) electrons. The number of carbonyl (C=O) groups excluding carboxylic acids is 2. The molecule has 31 heavy (non-hydrogen) atoms. The minimum Gasteiger partial charge on any atom is -0.399 e. The van der Waals surface area contributed by atoms with Gasteiger partial charge < -0.3 is 21.3 Å². The third-order valence-corrected chi connectivity index (χ3v) is 5.46. The van der Waals surface area contributed by atoms with Gasteiger partial charge >= 0.3 is 6.03 Å². The number of nitrogens with two attached hydrogens (primary N) is 1. The molecule has 3 amide bonds. The first kappa shape index (κ1) is 20.5. The lowest BCUT2D eigenvalue weighted by Gasteiger charge is -2.29. The number of nitrogens with one attached hydrogen (secondary N) is 2. The number of rotatable bonds is 5. The van der Waals surface area contributed by atoms with Crippen molar-refractivity contribution in [3.8, 4) is 0 Å². The van der Waals surface area contributed by atoms with Gasteiger partial charge in [-0.25, -0.2) is 4.79 Å². The monoisotopic (exact) mass is 414 g/mol. The molecule has 0 saturated heterocycles. The Morgan fingerprint density at radius 3 is 2.19 bits per heavy atom. The predicted molar refractivity (Wildman–Crippen MR) is 124 cm³/mol. The van der Waals surface area contributed by atoms with Crippen LogP contribution in [0.25, 0.3) is 0 Å². The maximum atomic E-state index is 12.6. The van der Waals surface area contributed by atoms with E-state index in [1.807, 2.05) is 41.3 Å². The average Bonchev–Trinajstić information content (AvgIpc) is 2.79. The molecule has 0 aliphatic carbocycles. The van der Waals surface area contributed by atoms with Crippen LogP contribution in [0, 0.1) is 0 Å². The fraction of sp³-hybridized carbons (Fsp3) is 0.200. The van der Waals surface area contributed by atoms with Crippen molar-refractivity contribution in [1.82, 2.24) is 4.90 Å². The van der Waals surface area contributed by atoms with E-state index in [2.05, 4.69) is 22.8 Å². The van der Waals surface area contributed by atoms with E-state index in [-0.39, 0.29) is 11.9 Å². The summed E-state index contributed by atoms with van der Waals surface area (Å²) in [5.41, 5.74) is 11.4. The van der Waals surface area contributed by atoms with E-state index >= 15 is 0 Å². The van der Waals surface area contributed by atoms with Crippen molar-refractivity contribution in [3.05, 3.63) is 89.5 Å². The number of amides is 3. The third kappa shape index (κ3) is 5.42. The molecule has 0 atom stereocenters. The first-order chi connectivity index (χ1) is 15.1. The molecule has 4 rings (SSSR count). The van der Waals surface area contributed by atoms with E-state index < -0.39 is 0 Å². The first-order valence-corrected chi connectivity index (χ1v) is 10.4. The Balaban J connectivity index is 1.26. The van der Waals surface area contributed by atoms with Crippen molar-refractivity contribution >= 4 is 29.0 Å². The second-order valence-corrected chi connectivity index (χ2v) is 7.74. The Hall–Kier alpha value is -3.80. The number of carbonyl (C=O) groups is 2. The predicted octanol–water partition coefficient (Wildman–Crippen LogP) is 4.43. The summed E-state index contributed by atoms with van der Waals surface area (Å²) in [4.78, 5) is 26.6. The molecule has 1 aliphatic rings. The molecule has 158 valence electrons. The van der Waals surface area contributed by atoms with Crippen LogP contribution in [-0.2, 0) is 24.2 Å². The number of nitrogen functional groups attached to an aromatic ring is 1. The van der Waals surface area contributed by atoms with E-state index in [4.69, 9.17) is 5.73 Å². The van der Waals surface area contributed by atoms with Gasteiger partial charge in [-0.05, 0) is 65.9 Å². The van der Waals surface area contributed by atoms with E-state index in [1.54, 1.807) is 24.3 Å². The summed E-state index contributed by atoms with van der Waals surface area (Å²) in [5, 5.41) is 5.83. The topological polar surface area (TPSA) is 87.5 Å². The van der Waals surface area contributed by atoms with Gasteiger partial charge in [0.1, 0.15) is 0 Å². The molecule has 0 unspecified atom stereocenters. The van der Waals surface area contributed by atoms with Crippen molar-refractivity contribution in [2.24, 2.45) is 0 Å². The molecule has 1 aliphatic heterocycles. The summed E-state index contributed by atoms with van der Waals surface area (Å²) in [6, 6.07) is 22.8. The summed E-state index contributed by atoms with van der Waals surface area (Å²) in [7, 11) is 0. The Kier molecular flexibility index (Phi) is 6.17. The van der Waals surface area contributed by atoms with Gasteiger partial charge in [0.25, 0.3) is 0 Å². The summed E-state index contributed by atoms with van der Waals surface area (Å²) >= 11 is 0. The SMILES string of the molecule is Nc1ccc(CCC(=O)Nc2ccc(NC(=O)N3CCc4ccccc4C3)cc2)cc1. The molecule has 3 aromatic rings. The molecule has 6 nitrogen and oxygen atoms in total. The third-order valence-electron chi connectivity index (χ3n) is 5.46. The Morgan fingerprint density at radius 2 is 1.48 bits per heavy atom. The molecule has 0 bridgehead atoms. The average molecular weight is 415 g/mol. The largest absolute Gasteiger partial charge is 0.399 e. The molecular formula is C25H26N4O2. The van der Waals surface area contributed by atoms with Crippen molar-refractivity contribution in [1.29, 1.82) is 0 Å². The molecule has 0 fully saturated rings. The van der Waals surface area contributed by atoms with Crippen LogP contribution in [0.1, 0.15) is 23.1 Å². The van der Waals surface area contributed by atoms with Crippen LogP contribution in [-0.4, -0.2) is 23.4 Å². The van der Waals surface area contributed by atoms with Crippen LogP contribution < -0.4 is 16.4 Å². The minimum absolute atomic E-state index is 0.0550. The standard InChI is InChI=1S/C25H26N4O2/c26-21-8-5-18(6-9-21)7-14-24(30)27-22-10-12-23(13-11-22)28-25(31)29-16-15-19-3-1-2-4-20(19)17-29/h1-6,8-13H,7,14-17,26H2,(H,27,30)(H,28,31). The lowest BCUT2D eigenvalue weighted by molar-refractivity contribution is -0.116. The molecule has 1 heterocycles. The Bertz CT molecular complexity index is 1060. The highest BCUT2D eigenvalue weighted by Crippen LogP contribution is 2.20. The van der Waals surface area contributed by atoms with Crippen LogP contribution in [0.4, 0.5) is 21.9 Å². The summed E-state index contributed by atoms with van der Waals surface area (Å²) in [6.45, 7) is 1.31. The number of aryl methyl sites for hydroxylation is 1. The molecule has 3 aromatic carbocycles. The number of hydrogen-bond donors (Lipinski definition) is 3. The molecule has 0 spiro atoms. The first-order valence-electron chi connectivity index (χ1n) is 10.4. The number of anilines is 3. The fourth-order valence-electron chi connectivity index (χ4n) is 3.67. The number of hydrogen-bond acceptors (Lipinski definition) is 3. The Labute approximate surface area is 182 Å². The number of nitrogens with zero attached hydrogens (tertiary/aromatic N) is 1. The van der Waals surface area contributed by atoms with Crippen molar-refractivity contribution in [3.63, 3.8) is 0 Å². The van der Waals surface area contributed by atoms with E-state index in [0.29, 0.717) is 43.0 Å². The molecule has 6 heteroatoms. The van der Waals surface area contributed by atoms with E-state index in [9.17, 15) is 9.59 Å². The lowest BCUT2D eigenvalue weighted by atomic mass is 10.0. The Morgan fingerprint density at radius 1 is 0.839 bits per heavy atom. The van der Waals surface area contributed by atoms with Gasteiger partial charge in [-0.15, -0.1) is 0 Å². The zero-order chi connectivity index (χ0) is 21.6. The van der Waals surface area contributed by atoms with Gasteiger partial charge in [-0.1, -0.05) is 36.4 Å². The highest BCUT2D eigenvalue weighted by molar-refractivity contribution is 5.92. The van der Waals surface area contributed by atoms with Gasteiger partial charge in [0.15, 0.2) is 0 Å². The van der Waals surface area contributed by atoms with Gasteiger partial charge in [0, 0.05) is 36.6 Å². The van der Waals surface area contributed by atoms with Gasteiger partial charge in [0.2, 0.25) is 5.91 Å². The zero-order valence-electron chi connectivity index (χ0n) is 17.3. The summed E-state index contributed by atoms with van der Waals surface area (Å²) in [5.74, 6) is -0.0550. The number of urea groups is 1. The van der Waals surface area contributed by atoms with Gasteiger partial charge in [-0.2, -0.15) is 0 Å². The van der Waals surface area contributed by atoms with Crippen LogP contribution >= 0.6 is 0 Å². The van der Waals surface area contributed by atoms with Crippen LogP contribution in [0.15, 0.2) is 72.8 Å². The fourth-order valence-corrected chi connectivity index (χ4v) is 3.67. The maximum Gasteiger partial charge on any atom is 0.322 e. The summed E-state index contributed by atoms with van der Waals surface area (Å²) in [6.07, 6.45) is 1.91. The van der Waals surface area contributed by atoms with Crippen LogP contribution in [0.3, 0.4) is 0 Å². The number of fused-ring (bicyclic) bond motifs is 1. The summed E-state index contributed by atoms with van der Waals surface area (Å²) < 4.78 is 0. The highest BCUT2D eigenvalue weighted by atomic mass is 16.2. The molecule has 4 N–H and O–H groups in total. The maximum absolute atomic E-state index is 12.6. The minimum atomic E-state index is -0.116. The normalized spacial score (nSPS) is 12.7. The second-order valence-electron chi connectivity index (χ2n) is 7.74. The van der Waals surface area contributed by atoms with E-state index in [0.717, 1.165) is 12.0 Å². The second kappa shape index (κ2) is 9.34. The quantitative estimate of drug-likeness (QED) is 0.540. The van der Waals surface area contributed by atoms with Crippen LogP contribution in [0.5, 0.6) is 0 Å². The molecule has 0 saturated carbocycles. The van der Waals surface area contributed by atoms with Gasteiger partial charge in [-0.3, -0.25) is 4.79 Å². The van der Waals surface area contributed by atoms with Gasteiger partial charge in [0.05, 0.1) is 0 Å². The smallest absolute Gasteiger partial charge is 0.322 e. The van der Waals surface area contributed by atoms with Crippen molar-refractivity contribution in [2.45, 2.75) is 25.8 Å². The zero-order valence-corrected chi connectivity index (χ0v) is 17.3. The van der Waals surface area contributed by atoms with Crippen molar-refractivity contribution < 1.29 is 9.59 Å². The van der Waals surface area contributed by atoms with Crippen molar-refractivity contribution in [2.75, 3.05) is 22.9 Å². The lowest BCUT2D eigenvalue weighted by Crippen LogP contribution is -2.38. The number of benzene rings is 3. The van der Waals surface area contributed by atoms with Crippen LogP contribution in [0.2, 0.25) is 0 Å². The molecular weight excluding hydrogens is 388 g/mol.